The van der Waals surface area contributed by atoms with E-state index in [2.05, 4.69) is 52.3 Å². The summed E-state index contributed by atoms with van der Waals surface area (Å²) in [6.45, 7) is 16.9. The lowest BCUT2D eigenvalue weighted by molar-refractivity contribution is -0.141. The second kappa shape index (κ2) is 13.4. The summed E-state index contributed by atoms with van der Waals surface area (Å²) in [5, 5.41) is 0. The number of nitrogens with zero attached hydrogens (tertiary/aromatic N) is 5. The highest BCUT2D eigenvalue weighted by molar-refractivity contribution is 6.04. The fraction of sp³-hybridized carbons (Fsp3) is 0.409. The summed E-state index contributed by atoms with van der Waals surface area (Å²) < 4.78 is 49.8. The predicted molar refractivity (Wildman–Crippen MR) is 117 cm³/mol. The average Bonchev–Trinajstić information content (AvgIpc) is 2.59. The summed E-state index contributed by atoms with van der Waals surface area (Å²) in [4.78, 5) is 18.6. The largest absolute Gasteiger partial charge is 0.433 e. The highest BCUT2D eigenvalue weighted by Gasteiger charge is 2.33. The first-order valence-corrected chi connectivity index (χ1v) is 9.47. The molecule has 0 unspecified atom stereocenters. The normalized spacial score (nSPS) is 11.0. The molecule has 0 amide bonds. The van der Waals surface area contributed by atoms with Crippen LogP contribution >= 0.6 is 0 Å². The molecule has 170 valence electrons. The number of alkyl halides is 3. The van der Waals surface area contributed by atoms with Gasteiger partial charge in [0.2, 0.25) is 5.95 Å². The molecule has 0 atom stereocenters. The molecule has 0 saturated heterocycles. The van der Waals surface area contributed by atoms with Crippen molar-refractivity contribution in [3.63, 3.8) is 0 Å². The van der Waals surface area contributed by atoms with Crippen LogP contribution in [-0.2, 0) is 6.18 Å². The van der Waals surface area contributed by atoms with Crippen molar-refractivity contribution in [2.24, 2.45) is 15.9 Å². The van der Waals surface area contributed by atoms with Crippen molar-refractivity contribution in [3.8, 4) is 0 Å². The van der Waals surface area contributed by atoms with E-state index in [1.165, 1.54) is 12.3 Å². The van der Waals surface area contributed by atoms with E-state index < -0.39 is 17.8 Å². The minimum absolute atomic E-state index is 0.0126. The second-order valence-corrected chi connectivity index (χ2v) is 7.38. The van der Waals surface area contributed by atoms with Crippen molar-refractivity contribution in [1.29, 1.82) is 0 Å². The van der Waals surface area contributed by atoms with Crippen LogP contribution in [0.4, 0.5) is 17.6 Å². The number of rotatable bonds is 2. The van der Waals surface area contributed by atoms with E-state index in [1.807, 2.05) is 6.92 Å². The number of aryl methyl sites for hydroxylation is 1. The molecule has 0 fully saturated rings. The molecule has 0 spiro atoms. The van der Waals surface area contributed by atoms with E-state index in [0.717, 1.165) is 23.7 Å². The van der Waals surface area contributed by atoms with Crippen molar-refractivity contribution in [2.75, 3.05) is 0 Å². The summed E-state index contributed by atoms with van der Waals surface area (Å²) in [5.74, 6) is 0.252. The smallest absolute Gasteiger partial charge is 0.235 e. The molecule has 2 heterocycles. The first kappa shape index (κ1) is 28.0. The molecule has 0 aromatic carbocycles. The number of hydrogen-bond acceptors (Lipinski definition) is 4. The van der Waals surface area contributed by atoms with Crippen molar-refractivity contribution in [3.05, 3.63) is 65.9 Å². The molecule has 31 heavy (non-hydrogen) atoms. The minimum atomic E-state index is -4.53. The Morgan fingerprint density at radius 3 is 1.94 bits per heavy atom. The van der Waals surface area contributed by atoms with Crippen LogP contribution in [0, 0.1) is 18.8 Å². The summed E-state index contributed by atoms with van der Waals surface area (Å²) in [7, 11) is 0. The standard InChI is InChI=1S/C12H13F3N4.C6H6FN.C4H10/c1-7(2)17-11(18-8(3)4)10-16-6-5-9(19-10)12(13,14)15;1-5-2-3-8-6(7)4-5;1-4(2)3/h5-6H,1H2,2-4H3;2-4H,1H3;4H,1-3H3. The molecular formula is C22H29F4N5. The summed E-state index contributed by atoms with van der Waals surface area (Å²) in [6, 6.07) is 3.94. The van der Waals surface area contributed by atoms with Crippen LogP contribution in [0.5, 0.6) is 0 Å². The second-order valence-electron chi connectivity index (χ2n) is 7.38. The molecule has 2 aromatic rings. The van der Waals surface area contributed by atoms with Gasteiger partial charge in [-0.05, 0) is 57.4 Å². The van der Waals surface area contributed by atoms with Gasteiger partial charge in [0.1, 0.15) is 5.69 Å². The van der Waals surface area contributed by atoms with E-state index >= 15 is 0 Å². The monoisotopic (exact) mass is 439 g/mol. The molecule has 2 rings (SSSR count). The topological polar surface area (TPSA) is 63.4 Å². The average molecular weight is 440 g/mol. The zero-order chi connectivity index (χ0) is 24.2. The van der Waals surface area contributed by atoms with Gasteiger partial charge >= 0.3 is 6.18 Å². The van der Waals surface area contributed by atoms with Crippen LogP contribution < -0.4 is 0 Å². The third kappa shape index (κ3) is 13.8. The Labute approximate surface area is 181 Å². The lowest BCUT2D eigenvalue weighted by Gasteiger charge is -2.07. The zero-order valence-electron chi connectivity index (χ0n) is 18.9. The Kier molecular flexibility index (Phi) is 12.1. The molecule has 0 aliphatic heterocycles. The lowest BCUT2D eigenvalue weighted by atomic mass is 10.3. The molecule has 9 heteroatoms. The maximum Gasteiger partial charge on any atom is 0.433 e. The third-order valence-electron chi connectivity index (χ3n) is 2.65. The van der Waals surface area contributed by atoms with E-state index in [1.54, 1.807) is 26.8 Å². The maximum atomic E-state index is 12.6. The minimum Gasteiger partial charge on any atom is -0.235 e. The molecule has 0 N–H and O–H groups in total. The van der Waals surface area contributed by atoms with Crippen LogP contribution in [0.25, 0.3) is 0 Å². The number of pyridine rings is 1. The van der Waals surface area contributed by atoms with Crippen molar-refractivity contribution >= 4 is 11.5 Å². The Bertz CT molecular complexity index is 879. The van der Waals surface area contributed by atoms with Gasteiger partial charge in [0, 0.05) is 23.8 Å². The Morgan fingerprint density at radius 1 is 1.00 bits per heavy atom. The molecule has 2 aromatic heterocycles. The van der Waals surface area contributed by atoms with Crippen LogP contribution in [0.15, 0.2) is 52.9 Å². The van der Waals surface area contributed by atoms with Gasteiger partial charge < -0.3 is 0 Å². The summed E-state index contributed by atoms with van der Waals surface area (Å²) in [5.41, 5.74) is 0.899. The van der Waals surface area contributed by atoms with E-state index in [4.69, 9.17) is 0 Å². The molecule has 0 aliphatic rings. The Hall–Kier alpha value is -2.97. The molecule has 0 radical (unpaired) electrons. The van der Waals surface area contributed by atoms with Crippen LogP contribution in [-0.4, -0.2) is 26.5 Å². The van der Waals surface area contributed by atoms with Crippen molar-refractivity contribution in [1.82, 2.24) is 15.0 Å². The van der Waals surface area contributed by atoms with Crippen LogP contribution in [0.2, 0.25) is 0 Å². The van der Waals surface area contributed by atoms with Gasteiger partial charge in [-0.25, -0.2) is 24.9 Å². The van der Waals surface area contributed by atoms with Gasteiger partial charge in [-0.3, -0.25) is 0 Å². The van der Waals surface area contributed by atoms with E-state index in [-0.39, 0.29) is 11.7 Å². The highest BCUT2D eigenvalue weighted by atomic mass is 19.4. The van der Waals surface area contributed by atoms with Gasteiger partial charge in [-0.15, -0.1) is 0 Å². The van der Waals surface area contributed by atoms with Gasteiger partial charge in [-0.2, -0.15) is 17.6 Å². The quantitative estimate of drug-likeness (QED) is 0.234. The summed E-state index contributed by atoms with van der Waals surface area (Å²) >= 11 is 0. The van der Waals surface area contributed by atoms with Crippen LogP contribution in [0.3, 0.4) is 0 Å². The van der Waals surface area contributed by atoms with Crippen molar-refractivity contribution in [2.45, 2.75) is 54.6 Å². The number of aliphatic imine (C=N–C) groups is 2. The highest BCUT2D eigenvalue weighted by Crippen LogP contribution is 2.27. The fourth-order valence-corrected chi connectivity index (χ4v) is 1.64. The number of hydrogen-bond donors (Lipinski definition) is 0. The van der Waals surface area contributed by atoms with Crippen molar-refractivity contribution < 1.29 is 17.6 Å². The summed E-state index contributed by atoms with van der Waals surface area (Å²) in [6.07, 6.45) is -2.05. The molecule has 5 nitrogen and oxygen atoms in total. The third-order valence-corrected chi connectivity index (χ3v) is 2.65. The molecule has 0 saturated carbocycles. The first-order chi connectivity index (χ1) is 14.2. The molecule has 0 bridgehead atoms. The van der Waals surface area contributed by atoms with Crippen LogP contribution in [0.1, 0.15) is 58.6 Å². The molecular weight excluding hydrogens is 410 g/mol. The number of amidine groups is 1. The maximum absolute atomic E-state index is 12.6. The van der Waals surface area contributed by atoms with E-state index in [9.17, 15) is 17.6 Å². The number of halogens is 4. The van der Waals surface area contributed by atoms with Gasteiger partial charge in [-0.1, -0.05) is 27.4 Å². The van der Waals surface area contributed by atoms with Gasteiger partial charge in [0.05, 0.1) is 0 Å². The number of allylic oxidation sites excluding steroid dienone is 1. The van der Waals surface area contributed by atoms with Gasteiger partial charge in [0.25, 0.3) is 0 Å². The lowest BCUT2D eigenvalue weighted by Crippen LogP contribution is -2.13. The van der Waals surface area contributed by atoms with E-state index in [0.29, 0.717) is 11.4 Å². The fourth-order valence-electron chi connectivity index (χ4n) is 1.64. The Morgan fingerprint density at radius 2 is 1.55 bits per heavy atom. The first-order valence-electron chi connectivity index (χ1n) is 9.47. The molecule has 0 aliphatic carbocycles. The number of aromatic nitrogens is 3. The van der Waals surface area contributed by atoms with Gasteiger partial charge in [0.15, 0.2) is 11.7 Å². The zero-order valence-corrected chi connectivity index (χ0v) is 18.9. The Balaban J connectivity index is 0.000000613. The predicted octanol–water partition coefficient (Wildman–Crippen LogP) is 6.45. The SMILES string of the molecule is C=C(C)N=C(N=C(C)C)c1nccc(C(F)(F)F)n1.CC(C)C.Cc1ccnc(F)c1.